The van der Waals surface area contributed by atoms with Gasteiger partial charge in [0.25, 0.3) is 0 Å². The van der Waals surface area contributed by atoms with E-state index in [4.69, 9.17) is 9.47 Å². The van der Waals surface area contributed by atoms with Crippen molar-refractivity contribution in [3.8, 4) is 0 Å². The van der Waals surface area contributed by atoms with E-state index in [1.807, 2.05) is 0 Å². The Morgan fingerprint density at radius 1 is 0.857 bits per heavy atom. The molecule has 1 heterocycles. The highest BCUT2D eigenvalue weighted by Gasteiger charge is 2.55. The molecule has 2 rings (SSSR count). The van der Waals surface area contributed by atoms with Crippen molar-refractivity contribution in [1.29, 1.82) is 0 Å². The van der Waals surface area contributed by atoms with Gasteiger partial charge in [-0.1, -0.05) is 6.92 Å². The van der Waals surface area contributed by atoms with Crippen molar-refractivity contribution in [2.45, 2.75) is 39.4 Å². The number of amides is 6. The van der Waals surface area contributed by atoms with Crippen LogP contribution in [-0.2, 0) is 9.47 Å². The maximum Gasteiger partial charge on any atom is 0.436 e. The van der Waals surface area contributed by atoms with Crippen LogP contribution in [-0.4, -0.2) is 107 Å². The molecule has 12 heteroatoms. The number of carbonyl (C=O) groups is 5. The number of aliphatic hydroxyl groups excluding tert-OH is 2. The van der Waals surface area contributed by atoms with E-state index in [2.05, 4.69) is 0 Å². The van der Waals surface area contributed by atoms with Gasteiger partial charge in [-0.2, -0.15) is 4.48 Å². The van der Waals surface area contributed by atoms with E-state index in [9.17, 15) is 34.2 Å². The van der Waals surface area contributed by atoms with Crippen molar-refractivity contribution in [1.82, 2.24) is 9.80 Å². The van der Waals surface area contributed by atoms with Crippen LogP contribution in [0.1, 0.15) is 47.9 Å². The van der Waals surface area contributed by atoms with Gasteiger partial charge in [0.1, 0.15) is 19.3 Å². The van der Waals surface area contributed by atoms with Crippen LogP contribution in [0.15, 0.2) is 24.3 Å². The number of nitrogens with zero attached hydrogens (tertiary/aromatic N) is 3. The van der Waals surface area contributed by atoms with Gasteiger partial charge in [-0.15, -0.1) is 0 Å². The molecular formula is C23H32N3O9+. The van der Waals surface area contributed by atoms with E-state index >= 15 is 0 Å². The van der Waals surface area contributed by atoms with Crippen molar-refractivity contribution in [3.63, 3.8) is 0 Å². The number of hydrogen-bond donors (Lipinski definition) is 2. The summed E-state index contributed by atoms with van der Waals surface area (Å²) in [5, 5.41) is 19.8. The minimum absolute atomic E-state index is 0.102. The summed E-state index contributed by atoms with van der Waals surface area (Å²) in [6, 6.07) is 3.15. The van der Waals surface area contributed by atoms with Crippen LogP contribution in [0.5, 0.6) is 0 Å². The second-order valence-corrected chi connectivity index (χ2v) is 8.11. The fourth-order valence-electron chi connectivity index (χ4n) is 3.50. The summed E-state index contributed by atoms with van der Waals surface area (Å²) in [5.74, 6) is -1.44. The molecule has 0 aliphatic carbocycles. The monoisotopic (exact) mass is 494 g/mol. The SMILES string of the molecule is CCC(O)COC(=O)c1ccc(C(=O)OCC(O)CN2C(=O)N(C)C(=O)[N+](CC)(CC)C2=O)cc1. The summed E-state index contributed by atoms with van der Waals surface area (Å²) in [7, 11) is 1.26. The zero-order valence-corrected chi connectivity index (χ0v) is 20.3. The number of imide groups is 3. The van der Waals surface area contributed by atoms with Crippen molar-refractivity contribution in [3.05, 3.63) is 35.4 Å². The molecule has 6 amide bonds. The van der Waals surface area contributed by atoms with E-state index in [0.29, 0.717) is 6.42 Å². The smallest absolute Gasteiger partial charge is 0.436 e. The molecule has 1 aromatic carbocycles. The molecule has 1 aromatic rings. The third kappa shape index (κ3) is 6.02. The Balaban J connectivity index is 1.96. The molecule has 1 aliphatic heterocycles. The Kier molecular flexibility index (Phi) is 9.46. The molecule has 2 unspecified atom stereocenters. The number of hydrogen-bond acceptors (Lipinski definition) is 9. The van der Waals surface area contributed by atoms with Gasteiger partial charge in [0, 0.05) is 7.05 Å². The fourth-order valence-corrected chi connectivity index (χ4v) is 3.50. The highest BCUT2D eigenvalue weighted by atomic mass is 16.5. The minimum atomic E-state index is -1.39. The predicted molar refractivity (Wildman–Crippen MR) is 121 cm³/mol. The number of benzene rings is 1. The number of esters is 2. The van der Waals surface area contributed by atoms with E-state index in [0.717, 1.165) is 9.80 Å². The van der Waals surface area contributed by atoms with Gasteiger partial charge in [-0.25, -0.2) is 33.8 Å². The lowest BCUT2D eigenvalue weighted by molar-refractivity contribution is -0.773. The molecule has 0 bridgehead atoms. The molecule has 1 aliphatic rings. The Morgan fingerprint density at radius 2 is 1.31 bits per heavy atom. The minimum Gasteiger partial charge on any atom is -0.459 e. The van der Waals surface area contributed by atoms with Crippen LogP contribution in [0.25, 0.3) is 0 Å². The summed E-state index contributed by atoms with van der Waals surface area (Å²) in [6.07, 6.45) is -1.70. The molecule has 0 aromatic heterocycles. The van der Waals surface area contributed by atoms with E-state index in [-0.39, 0.29) is 30.8 Å². The van der Waals surface area contributed by atoms with Crippen molar-refractivity contribution in [2.75, 3.05) is 39.9 Å². The second-order valence-electron chi connectivity index (χ2n) is 8.11. The lowest BCUT2D eigenvalue weighted by Gasteiger charge is -2.41. The first-order valence-electron chi connectivity index (χ1n) is 11.3. The first kappa shape index (κ1) is 27.9. The topological polar surface area (TPSA) is 151 Å². The van der Waals surface area contributed by atoms with Crippen LogP contribution in [0.3, 0.4) is 0 Å². The van der Waals surface area contributed by atoms with Crippen molar-refractivity contribution < 1.29 is 48.1 Å². The van der Waals surface area contributed by atoms with Crippen LogP contribution in [0, 0.1) is 0 Å². The Labute approximate surface area is 203 Å². The quantitative estimate of drug-likeness (QED) is 0.345. The molecule has 1 fully saturated rings. The van der Waals surface area contributed by atoms with Gasteiger partial charge in [-0.3, -0.25) is 0 Å². The van der Waals surface area contributed by atoms with E-state index in [1.165, 1.54) is 31.3 Å². The largest absolute Gasteiger partial charge is 0.459 e. The third-order valence-corrected chi connectivity index (χ3v) is 5.88. The number of aliphatic hydroxyl groups is 2. The predicted octanol–water partition coefficient (Wildman–Crippen LogP) is 1.60. The molecule has 0 saturated carbocycles. The number of β-amino-alcohol motifs (C(OH)–C–C–N with tert-alkyl or cyclic N) is 1. The molecular weight excluding hydrogens is 462 g/mol. The van der Waals surface area contributed by atoms with Gasteiger partial charge in [0.15, 0.2) is 0 Å². The van der Waals surface area contributed by atoms with Gasteiger partial charge in [0.05, 0.1) is 36.9 Å². The van der Waals surface area contributed by atoms with Crippen molar-refractivity contribution >= 4 is 30.0 Å². The number of carbonyl (C=O) groups excluding carboxylic acids is 5. The van der Waals surface area contributed by atoms with Gasteiger partial charge in [-0.05, 0) is 44.5 Å². The molecule has 1 saturated heterocycles. The van der Waals surface area contributed by atoms with Gasteiger partial charge in [0.2, 0.25) is 0 Å². The zero-order chi connectivity index (χ0) is 26.3. The lowest BCUT2D eigenvalue weighted by Crippen LogP contribution is -2.73. The summed E-state index contributed by atoms with van der Waals surface area (Å²) in [4.78, 5) is 63.8. The second kappa shape index (κ2) is 11.9. The van der Waals surface area contributed by atoms with Gasteiger partial charge < -0.3 is 19.7 Å². The molecule has 12 nitrogen and oxygen atoms in total. The summed E-state index contributed by atoms with van der Waals surface area (Å²) in [5.41, 5.74) is 0.282. The van der Waals surface area contributed by atoms with Crippen LogP contribution >= 0.6 is 0 Å². The average molecular weight is 495 g/mol. The number of ether oxygens (including phenoxy) is 2. The fraction of sp³-hybridized carbons (Fsp3) is 0.522. The molecule has 2 N–H and O–H groups in total. The first-order valence-corrected chi connectivity index (χ1v) is 11.3. The van der Waals surface area contributed by atoms with Gasteiger partial charge >= 0.3 is 30.0 Å². The Bertz CT molecular complexity index is 959. The highest BCUT2D eigenvalue weighted by Crippen LogP contribution is 2.23. The number of rotatable bonds is 11. The molecule has 0 spiro atoms. The summed E-state index contributed by atoms with van der Waals surface area (Å²) >= 11 is 0. The van der Waals surface area contributed by atoms with Crippen LogP contribution in [0.2, 0.25) is 0 Å². The third-order valence-electron chi connectivity index (χ3n) is 5.88. The summed E-state index contributed by atoms with van der Waals surface area (Å²) < 4.78 is 9.45. The molecule has 2 atom stereocenters. The Hall–Kier alpha value is -3.35. The molecule has 0 radical (unpaired) electrons. The lowest BCUT2D eigenvalue weighted by atomic mass is 10.1. The maximum atomic E-state index is 12.9. The number of urea groups is 3. The number of quaternary nitrogens is 1. The summed E-state index contributed by atoms with van der Waals surface area (Å²) in [6.45, 7) is 4.21. The maximum absolute atomic E-state index is 12.9. The Morgan fingerprint density at radius 3 is 1.74 bits per heavy atom. The molecule has 192 valence electrons. The zero-order valence-electron chi connectivity index (χ0n) is 20.3. The first-order chi connectivity index (χ1) is 16.5. The van der Waals surface area contributed by atoms with E-state index in [1.54, 1.807) is 20.8 Å². The molecule has 35 heavy (non-hydrogen) atoms. The van der Waals surface area contributed by atoms with Crippen LogP contribution in [0.4, 0.5) is 14.4 Å². The highest BCUT2D eigenvalue weighted by molar-refractivity contribution is 6.05. The van der Waals surface area contributed by atoms with Crippen LogP contribution < -0.4 is 0 Å². The normalized spacial score (nSPS) is 17.3. The van der Waals surface area contributed by atoms with E-state index < -0.39 is 59.9 Å². The van der Waals surface area contributed by atoms with Crippen molar-refractivity contribution in [2.24, 2.45) is 0 Å². The average Bonchev–Trinajstić information content (AvgIpc) is 2.87. The standard InChI is InChI=1S/C23H32N3O9/c1-5-17(27)13-34-19(29)15-8-10-16(11-9-15)20(30)35-14-18(28)12-25-21(31)24(4)22(32)26(6-2,7-3)23(25)33/h8-11,17-18,27-28H,5-7,12-14H2,1-4H3/q+1.